The Labute approximate surface area is 164 Å². The lowest BCUT2D eigenvalue weighted by molar-refractivity contribution is -0.122. The summed E-state index contributed by atoms with van der Waals surface area (Å²) in [6, 6.07) is 23.0. The maximum atomic E-state index is 12.1. The third kappa shape index (κ3) is 2.85. The Balaban J connectivity index is 1.62. The van der Waals surface area contributed by atoms with E-state index < -0.39 is 6.10 Å². The van der Waals surface area contributed by atoms with Gasteiger partial charge in [0.25, 0.3) is 5.91 Å². The lowest BCUT2D eigenvalue weighted by Gasteiger charge is -2.38. The molecule has 140 valence electrons. The molecule has 1 amide bonds. The van der Waals surface area contributed by atoms with Crippen molar-refractivity contribution in [3.63, 3.8) is 0 Å². The molecule has 4 nitrogen and oxygen atoms in total. The van der Waals surface area contributed by atoms with Crippen LogP contribution in [0.5, 0.6) is 5.88 Å². The molecular weight excluding hydrogens is 348 g/mol. The zero-order valence-electron chi connectivity index (χ0n) is 15.8. The second kappa shape index (κ2) is 6.79. The van der Waals surface area contributed by atoms with Gasteiger partial charge in [0.15, 0.2) is 6.10 Å². The summed E-state index contributed by atoms with van der Waals surface area (Å²) >= 11 is 0. The molecule has 1 aliphatic carbocycles. The second-order valence-electron chi connectivity index (χ2n) is 7.59. The molecule has 3 aromatic rings. The van der Waals surface area contributed by atoms with Crippen LogP contribution in [0.15, 0.2) is 66.7 Å². The van der Waals surface area contributed by atoms with Crippen molar-refractivity contribution in [1.29, 1.82) is 0 Å². The molecule has 5 rings (SSSR count). The summed E-state index contributed by atoms with van der Waals surface area (Å²) in [5.41, 5.74) is 5.26. The van der Waals surface area contributed by atoms with Crippen LogP contribution in [-0.4, -0.2) is 17.0 Å². The van der Waals surface area contributed by atoms with Gasteiger partial charge in [-0.25, -0.2) is 4.98 Å². The molecule has 2 heterocycles. The smallest absolute Gasteiger partial charge is 0.265 e. The number of carbonyl (C=O) groups is 1. The second-order valence-corrected chi connectivity index (χ2v) is 7.59. The Morgan fingerprint density at radius 2 is 1.64 bits per heavy atom. The van der Waals surface area contributed by atoms with Crippen LogP contribution in [0.25, 0.3) is 11.1 Å². The summed E-state index contributed by atoms with van der Waals surface area (Å²) in [4.78, 5) is 17.0. The number of pyridine rings is 1. The molecule has 2 aromatic carbocycles. The van der Waals surface area contributed by atoms with E-state index in [1.54, 1.807) is 6.92 Å². The van der Waals surface area contributed by atoms with E-state index >= 15 is 0 Å². The van der Waals surface area contributed by atoms with Crippen molar-refractivity contribution in [3.05, 3.63) is 78.0 Å². The first kappa shape index (κ1) is 17.0. The number of ether oxygens (including phenoxy) is 1. The van der Waals surface area contributed by atoms with Gasteiger partial charge in [-0.05, 0) is 42.9 Å². The minimum absolute atomic E-state index is 0.133. The number of anilines is 1. The number of amides is 1. The summed E-state index contributed by atoms with van der Waals surface area (Å²) in [5, 5.41) is 2.94. The normalized spacial score (nSPS) is 23.2. The van der Waals surface area contributed by atoms with E-state index in [2.05, 4.69) is 47.8 Å². The molecule has 0 bridgehead atoms. The molecule has 3 atom stereocenters. The topological polar surface area (TPSA) is 51.2 Å². The third-order valence-electron chi connectivity index (χ3n) is 5.87. The molecule has 1 N–H and O–H groups in total. The van der Waals surface area contributed by atoms with E-state index in [0.717, 1.165) is 29.7 Å². The highest BCUT2D eigenvalue weighted by Gasteiger charge is 2.37. The number of benzene rings is 2. The SMILES string of the molecule is CC1Oc2nc(C3CCC3c3ccccc3)c(-c3ccccc3)cc2NC1=O. The van der Waals surface area contributed by atoms with Crippen molar-refractivity contribution in [2.75, 3.05) is 5.32 Å². The predicted octanol–water partition coefficient (Wildman–Crippen LogP) is 5.13. The first-order chi connectivity index (χ1) is 13.7. The van der Waals surface area contributed by atoms with Crippen molar-refractivity contribution in [2.45, 2.75) is 37.7 Å². The van der Waals surface area contributed by atoms with Crippen LogP contribution >= 0.6 is 0 Å². The maximum absolute atomic E-state index is 12.1. The number of rotatable bonds is 3. The van der Waals surface area contributed by atoms with Crippen molar-refractivity contribution >= 4 is 11.6 Å². The van der Waals surface area contributed by atoms with Gasteiger partial charge in [-0.2, -0.15) is 0 Å². The van der Waals surface area contributed by atoms with Gasteiger partial charge < -0.3 is 10.1 Å². The highest BCUT2D eigenvalue weighted by Crippen LogP contribution is 2.51. The van der Waals surface area contributed by atoms with Crippen molar-refractivity contribution in [3.8, 4) is 17.0 Å². The van der Waals surface area contributed by atoms with Gasteiger partial charge in [-0.3, -0.25) is 4.79 Å². The van der Waals surface area contributed by atoms with Gasteiger partial charge in [-0.15, -0.1) is 0 Å². The fourth-order valence-electron chi connectivity index (χ4n) is 4.20. The Morgan fingerprint density at radius 3 is 2.32 bits per heavy atom. The molecule has 3 unspecified atom stereocenters. The molecule has 1 saturated carbocycles. The van der Waals surface area contributed by atoms with Crippen molar-refractivity contribution in [1.82, 2.24) is 4.98 Å². The molecule has 0 radical (unpaired) electrons. The van der Waals surface area contributed by atoms with Gasteiger partial charge in [0.2, 0.25) is 5.88 Å². The lowest BCUT2D eigenvalue weighted by Crippen LogP contribution is -2.35. The molecule has 1 aliphatic heterocycles. The average Bonchev–Trinajstić information content (AvgIpc) is 2.69. The number of carbonyl (C=O) groups excluding carboxylic acids is 1. The number of fused-ring (bicyclic) bond motifs is 1. The van der Waals surface area contributed by atoms with Gasteiger partial charge in [0.05, 0.1) is 5.69 Å². The Hall–Kier alpha value is -3.14. The van der Waals surface area contributed by atoms with Gasteiger partial charge in [0.1, 0.15) is 5.69 Å². The van der Waals surface area contributed by atoms with Crippen LogP contribution in [0, 0.1) is 0 Å². The summed E-state index contributed by atoms with van der Waals surface area (Å²) in [7, 11) is 0. The summed E-state index contributed by atoms with van der Waals surface area (Å²) in [6.07, 6.45) is 1.74. The molecule has 28 heavy (non-hydrogen) atoms. The minimum atomic E-state index is -0.526. The summed E-state index contributed by atoms with van der Waals surface area (Å²) in [6.45, 7) is 1.75. The minimum Gasteiger partial charge on any atom is -0.463 e. The van der Waals surface area contributed by atoms with E-state index in [1.807, 2.05) is 24.3 Å². The molecule has 1 fully saturated rings. The first-order valence-electron chi connectivity index (χ1n) is 9.83. The fraction of sp³-hybridized carbons (Fsp3) is 0.250. The van der Waals surface area contributed by atoms with E-state index in [1.165, 1.54) is 5.56 Å². The van der Waals surface area contributed by atoms with E-state index in [-0.39, 0.29) is 5.91 Å². The Morgan fingerprint density at radius 1 is 0.964 bits per heavy atom. The average molecular weight is 370 g/mol. The molecule has 0 saturated heterocycles. The van der Waals surface area contributed by atoms with Crippen LogP contribution in [0.3, 0.4) is 0 Å². The predicted molar refractivity (Wildman–Crippen MR) is 110 cm³/mol. The van der Waals surface area contributed by atoms with E-state index in [9.17, 15) is 4.79 Å². The zero-order chi connectivity index (χ0) is 19.1. The number of nitrogens with one attached hydrogen (secondary N) is 1. The largest absolute Gasteiger partial charge is 0.463 e. The molecule has 4 heteroatoms. The van der Waals surface area contributed by atoms with Crippen LogP contribution in [0.4, 0.5) is 5.69 Å². The molecule has 0 spiro atoms. The van der Waals surface area contributed by atoms with Crippen molar-refractivity contribution < 1.29 is 9.53 Å². The van der Waals surface area contributed by atoms with E-state index in [4.69, 9.17) is 9.72 Å². The Kier molecular flexibility index (Phi) is 4.12. The maximum Gasteiger partial charge on any atom is 0.265 e. The van der Waals surface area contributed by atoms with Gasteiger partial charge in [-0.1, -0.05) is 60.7 Å². The molecule has 2 aliphatic rings. The van der Waals surface area contributed by atoms with Crippen LogP contribution in [0.1, 0.15) is 42.9 Å². The molecular formula is C24H22N2O2. The van der Waals surface area contributed by atoms with Gasteiger partial charge >= 0.3 is 0 Å². The molecule has 1 aromatic heterocycles. The van der Waals surface area contributed by atoms with Gasteiger partial charge in [0, 0.05) is 11.5 Å². The standard InChI is InChI=1S/C24H22N2O2/c1-15-23(27)25-21-14-20(17-10-6-3-7-11-17)22(26-24(21)28-15)19-13-12-18(19)16-8-4-2-5-9-16/h2-11,14-15,18-19H,12-13H2,1H3,(H,25,27). The zero-order valence-corrected chi connectivity index (χ0v) is 15.8. The Bertz CT molecular complexity index is 1020. The summed E-state index contributed by atoms with van der Waals surface area (Å²) < 4.78 is 5.81. The summed E-state index contributed by atoms with van der Waals surface area (Å²) in [5.74, 6) is 1.21. The highest BCUT2D eigenvalue weighted by atomic mass is 16.5. The number of hydrogen-bond donors (Lipinski definition) is 1. The van der Waals surface area contributed by atoms with Crippen LogP contribution in [0.2, 0.25) is 0 Å². The quantitative estimate of drug-likeness (QED) is 0.695. The van der Waals surface area contributed by atoms with Crippen LogP contribution < -0.4 is 10.1 Å². The van der Waals surface area contributed by atoms with Crippen LogP contribution in [-0.2, 0) is 4.79 Å². The highest BCUT2D eigenvalue weighted by molar-refractivity contribution is 5.97. The number of aromatic nitrogens is 1. The fourth-order valence-corrected chi connectivity index (χ4v) is 4.20. The lowest BCUT2D eigenvalue weighted by atomic mass is 9.67. The number of hydrogen-bond acceptors (Lipinski definition) is 3. The first-order valence-corrected chi connectivity index (χ1v) is 9.83. The monoisotopic (exact) mass is 370 g/mol. The van der Waals surface area contributed by atoms with E-state index in [0.29, 0.717) is 23.4 Å². The van der Waals surface area contributed by atoms with Crippen molar-refractivity contribution in [2.24, 2.45) is 0 Å². The third-order valence-corrected chi connectivity index (χ3v) is 5.87. The number of nitrogens with zero attached hydrogens (tertiary/aromatic N) is 1.